The normalized spacial score (nSPS) is 18.9. The Balaban J connectivity index is 1.67. The molecule has 0 saturated carbocycles. The third-order valence-electron chi connectivity index (χ3n) is 4.94. The maximum atomic E-state index is 12.6. The molecule has 150 valence electrons. The lowest BCUT2D eigenvalue weighted by Gasteiger charge is -2.28. The Labute approximate surface area is 166 Å². The molecule has 1 atom stereocenters. The highest BCUT2D eigenvalue weighted by molar-refractivity contribution is 7.90. The van der Waals surface area contributed by atoms with Gasteiger partial charge in [-0.1, -0.05) is 31.2 Å². The van der Waals surface area contributed by atoms with Crippen molar-refractivity contribution in [3.8, 4) is 0 Å². The number of nitrogens with zero attached hydrogens (tertiary/aromatic N) is 3. The van der Waals surface area contributed by atoms with Crippen molar-refractivity contribution in [2.45, 2.75) is 19.4 Å². The van der Waals surface area contributed by atoms with E-state index in [-0.39, 0.29) is 17.7 Å². The summed E-state index contributed by atoms with van der Waals surface area (Å²) in [4.78, 5) is 16.4. The molecule has 0 spiro atoms. The summed E-state index contributed by atoms with van der Waals surface area (Å²) in [7, 11) is 0.577. The highest BCUT2D eigenvalue weighted by atomic mass is 32.2. The molecule has 0 aliphatic carbocycles. The highest BCUT2D eigenvalue weighted by Gasteiger charge is 2.25. The Morgan fingerprint density at radius 2 is 1.96 bits per heavy atom. The van der Waals surface area contributed by atoms with E-state index in [0.717, 1.165) is 12.0 Å². The summed E-state index contributed by atoms with van der Waals surface area (Å²) >= 11 is 0. The second kappa shape index (κ2) is 8.28. The summed E-state index contributed by atoms with van der Waals surface area (Å²) in [6.45, 7) is 2.89. The quantitative estimate of drug-likeness (QED) is 0.779. The molecule has 2 aliphatic rings. The highest BCUT2D eigenvalue weighted by Crippen LogP contribution is 2.19. The Bertz CT molecular complexity index is 931. The fraction of sp³-hybridized carbons (Fsp3) is 0.400. The number of benzene rings is 1. The molecule has 0 fully saturated rings. The van der Waals surface area contributed by atoms with Gasteiger partial charge in [0.2, 0.25) is 0 Å². The van der Waals surface area contributed by atoms with E-state index in [9.17, 15) is 13.2 Å². The summed E-state index contributed by atoms with van der Waals surface area (Å²) in [6, 6.07) is 8.50. The van der Waals surface area contributed by atoms with E-state index in [1.807, 2.05) is 14.1 Å². The van der Waals surface area contributed by atoms with Crippen molar-refractivity contribution in [1.29, 1.82) is 0 Å². The van der Waals surface area contributed by atoms with Gasteiger partial charge in [0.15, 0.2) is 0 Å². The van der Waals surface area contributed by atoms with Gasteiger partial charge in [-0.3, -0.25) is 4.79 Å². The van der Waals surface area contributed by atoms with Crippen LogP contribution in [0, 0.1) is 0 Å². The first-order chi connectivity index (χ1) is 13.3. The average Bonchev–Trinajstić information content (AvgIpc) is 2.67. The zero-order valence-corrected chi connectivity index (χ0v) is 17.2. The van der Waals surface area contributed by atoms with Gasteiger partial charge in [0.05, 0.1) is 17.4 Å². The van der Waals surface area contributed by atoms with Crippen molar-refractivity contribution in [3.63, 3.8) is 0 Å². The van der Waals surface area contributed by atoms with E-state index < -0.39 is 10.0 Å². The monoisotopic (exact) mass is 402 g/mol. The van der Waals surface area contributed by atoms with E-state index in [1.165, 1.54) is 5.56 Å². The summed E-state index contributed by atoms with van der Waals surface area (Å²) in [5.41, 5.74) is 2.91. The number of sulfonamides is 1. The van der Waals surface area contributed by atoms with Crippen molar-refractivity contribution in [3.05, 3.63) is 59.3 Å². The van der Waals surface area contributed by atoms with Gasteiger partial charge in [-0.25, -0.2) is 8.42 Å². The van der Waals surface area contributed by atoms with E-state index in [2.05, 4.69) is 45.8 Å². The molecule has 1 amide bonds. The van der Waals surface area contributed by atoms with Crippen molar-refractivity contribution in [2.24, 2.45) is 4.40 Å². The van der Waals surface area contributed by atoms with Crippen LogP contribution in [0.25, 0.3) is 0 Å². The Morgan fingerprint density at radius 1 is 1.25 bits per heavy atom. The smallest absolute Gasteiger partial charge is 0.256 e. The minimum atomic E-state index is -3.40. The molecule has 2 heterocycles. The lowest BCUT2D eigenvalue weighted by molar-refractivity contribution is -0.117. The number of carbonyl (C=O) groups excluding carboxylic acids is 1. The van der Waals surface area contributed by atoms with Crippen LogP contribution in [0.2, 0.25) is 0 Å². The molecular weight excluding hydrogens is 376 g/mol. The minimum Gasteiger partial charge on any atom is -0.350 e. The molecule has 1 aromatic carbocycles. The molecule has 1 unspecified atom stereocenters. The number of fused-ring (bicyclic) bond motifs is 1. The SMILES string of the molecule is CCc1ccc(C(CNC(=O)C2=CN3CCS(=O)(=O)N=C3C=C2)N(C)C)cc1. The molecule has 0 saturated heterocycles. The number of likely N-dealkylation sites (N-methyl/N-ethyl adjacent to an activating group) is 1. The third kappa shape index (κ3) is 4.69. The lowest BCUT2D eigenvalue weighted by Crippen LogP contribution is -2.39. The standard InChI is InChI=1S/C20H26N4O3S/c1-4-15-5-7-16(8-6-15)18(23(2)3)13-21-20(25)17-9-10-19-22-28(26,27)12-11-24(19)14-17/h5-10,14,18H,4,11-13H2,1-3H3,(H,21,25). The van der Waals surface area contributed by atoms with Gasteiger partial charge in [-0.15, -0.1) is 4.40 Å². The van der Waals surface area contributed by atoms with Crippen LogP contribution in [-0.2, 0) is 21.2 Å². The first-order valence-electron chi connectivity index (χ1n) is 9.31. The Kier molecular flexibility index (Phi) is 6.00. The van der Waals surface area contributed by atoms with Crippen LogP contribution in [0.1, 0.15) is 24.1 Å². The third-order valence-corrected chi connectivity index (χ3v) is 6.10. The summed E-state index contributed by atoms with van der Waals surface area (Å²) in [5, 5.41) is 2.99. The Hall–Kier alpha value is -2.45. The summed E-state index contributed by atoms with van der Waals surface area (Å²) in [5.74, 6) is 0.109. The van der Waals surface area contributed by atoms with Gasteiger partial charge in [-0.2, -0.15) is 0 Å². The van der Waals surface area contributed by atoms with E-state index in [0.29, 0.717) is 24.5 Å². The van der Waals surface area contributed by atoms with Crippen molar-refractivity contribution in [2.75, 3.05) is 32.9 Å². The number of aryl methyl sites for hydroxylation is 1. The number of rotatable bonds is 6. The second-order valence-corrected chi connectivity index (χ2v) is 8.89. The predicted octanol–water partition coefficient (Wildman–Crippen LogP) is 1.47. The van der Waals surface area contributed by atoms with Crippen molar-refractivity contribution >= 4 is 21.8 Å². The molecule has 2 aliphatic heterocycles. The van der Waals surface area contributed by atoms with Crippen LogP contribution < -0.4 is 5.32 Å². The number of hydrogen-bond donors (Lipinski definition) is 1. The minimum absolute atomic E-state index is 0.0494. The largest absolute Gasteiger partial charge is 0.350 e. The van der Waals surface area contributed by atoms with E-state index >= 15 is 0 Å². The molecule has 1 aromatic rings. The lowest BCUT2D eigenvalue weighted by atomic mass is 10.0. The van der Waals surface area contributed by atoms with Crippen LogP contribution in [0.3, 0.4) is 0 Å². The average molecular weight is 403 g/mol. The van der Waals surface area contributed by atoms with Gasteiger partial charge < -0.3 is 15.1 Å². The van der Waals surface area contributed by atoms with Crippen LogP contribution >= 0.6 is 0 Å². The van der Waals surface area contributed by atoms with Gasteiger partial charge in [0, 0.05) is 19.3 Å². The maximum Gasteiger partial charge on any atom is 0.256 e. The number of nitrogens with one attached hydrogen (secondary N) is 1. The van der Waals surface area contributed by atoms with Gasteiger partial charge in [0.1, 0.15) is 5.84 Å². The first-order valence-corrected chi connectivity index (χ1v) is 10.9. The van der Waals surface area contributed by atoms with Gasteiger partial charge >= 0.3 is 0 Å². The van der Waals surface area contributed by atoms with Crippen molar-refractivity contribution in [1.82, 2.24) is 15.1 Å². The number of amides is 1. The molecule has 0 bridgehead atoms. The predicted molar refractivity (Wildman–Crippen MR) is 110 cm³/mol. The molecule has 0 aromatic heterocycles. The molecule has 8 heteroatoms. The van der Waals surface area contributed by atoms with Crippen LogP contribution in [0.5, 0.6) is 0 Å². The van der Waals surface area contributed by atoms with Crippen LogP contribution in [0.4, 0.5) is 0 Å². The van der Waals surface area contributed by atoms with E-state index in [1.54, 1.807) is 23.3 Å². The van der Waals surface area contributed by atoms with Gasteiger partial charge in [0.25, 0.3) is 15.9 Å². The number of amidine groups is 1. The topological polar surface area (TPSA) is 82.1 Å². The van der Waals surface area contributed by atoms with Crippen molar-refractivity contribution < 1.29 is 13.2 Å². The number of carbonyl (C=O) groups is 1. The summed E-state index contributed by atoms with van der Waals surface area (Å²) in [6.07, 6.45) is 5.82. The maximum absolute atomic E-state index is 12.6. The molecule has 3 rings (SSSR count). The zero-order valence-electron chi connectivity index (χ0n) is 16.4. The van der Waals surface area contributed by atoms with Crippen LogP contribution in [-0.4, -0.2) is 62.9 Å². The summed E-state index contributed by atoms with van der Waals surface area (Å²) < 4.78 is 26.9. The molecule has 1 N–H and O–H groups in total. The van der Waals surface area contributed by atoms with E-state index in [4.69, 9.17) is 0 Å². The van der Waals surface area contributed by atoms with Crippen LogP contribution in [0.15, 0.2) is 52.6 Å². The second-order valence-electron chi connectivity index (χ2n) is 7.13. The zero-order chi connectivity index (χ0) is 20.3. The molecular formula is C20H26N4O3S. The fourth-order valence-corrected chi connectivity index (χ4v) is 4.17. The molecule has 0 radical (unpaired) electrons. The fourth-order valence-electron chi connectivity index (χ4n) is 3.20. The molecule has 28 heavy (non-hydrogen) atoms. The Morgan fingerprint density at radius 3 is 2.61 bits per heavy atom. The van der Waals surface area contributed by atoms with Gasteiger partial charge in [-0.05, 0) is 43.8 Å². The number of hydrogen-bond acceptors (Lipinski definition) is 5. The first kappa shape index (κ1) is 20.3. The molecule has 7 nitrogen and oxygen atoms in total.